The van der Waals surface area contributed by atoms with Gasteiger partial charge < -0.3 is 9.94 Å². The highest BCUT2D eigenvalue weighted by molar-refractivity contribution is 5.12. The minimum Gasteiger partial charge on any atom is -0.619 e. The molecule has 60 valence electrons. The van der Waals surface area contributed by atoms with Gasteiger partial charge in [0.1, 0.15) is 0 Å². The predicted octanol–water partition coefficient (Wildman–Crippen LogP) is 1.11. The predicted molar refractivity (Wildman–Crippen MR) is 41.2 cm³/mol. The maximum absolute atomic E-state index is 10.7. The minimum absolute atomic E-state index is 0.629. The molecule has 0 aromatic carbocycles. The van der Waals surface area contributed by atoms with Gasteiger partial charge in [-0.3, -0.25) is 0 Å². The molecule has 0 aliphatic rings. The van der Waals surface area contributed by atoms with Gasteiger partial charge in [-0.1, -0.05) is 6.92 Å². The minimum atomic E-state index is 0.629. The van der Waals surface area contributed by atoms with Crippen LogP contribution in [0, 0.1) is 5.21 Å². The Kier molecular flexibility index (Phi) is 2.72. The average Bonchev–Trinajstić information content (AvgIpc) is 2.01. The van der Waals surface area contributed by atoms with Crippen LogP contribution in [0.2, 0.25) is 0 Å². The van der Waals surface area contributed by atoms with Gasteiger partial charge in [0, 0.05) is 6.07 Å². The van der Waals surface area contributed by atoms with Gasteiger partial charge in [-0.25, -0.2) is 0 Å². The van der Waals surface area contributed by atoms with Gasteiger partial charge in [0.2, 0.25) is 6.20 Å². The molecule has 0 saturated carbocycles. The van der Waals surface area contributed by atoms with Crippen LogP contribution in [0.4, 0.5) is 0 Å². The summed E-state index contributed by atoms with van der Waals surface area (Å²) in [6.45, 7) is 2.68. The van der Waals surface area contributed by atoms with E-state index in [1.165, 1.54) is 12.4 Å². The van der Waals surface area contributed by atoms with E-state index >= 15 is 0 Å². The van der Waals surface area contributed by atoms with Crippen molar-refractivity contribution in [1.29, 1.82) is 0 Å². The molecule has 3 heteroatoms. The van der Waals surface area contributed by atoms with Crippen LogP contribution >= 0.6 is 0 Å². The maximum atomic E-state index is 10.7. The molecule has 1 rings (SSSR count). The molecule has 1 heterocycles. The lowest BCUT2D eigenvalue weighted by Gasteiger charge is -2.02. The van der Waals surface area contributed by atoms with Crippen LogP contribution in [-0.2, 0) is 0 Å². The van der Waals surface area contributed by atoms with E-state index in [2.05, 4.69) is 0 Å². The lowest BCUT2D eigenvalue weighted by atomic mass is 10.4. The Balaban J connectivity index is 2.56. The van der Waals surface area contributed by atoms with Crippen LogP contribution in [0.15, 0.2) is 24.5 Å². The molecule has 0 spiro atoms. The van der Waals surface area contributed by atoms with Crippen LogP contribution in [0.1, 0.15) is 13.3 Å². The second-order valence-electron chi connectivity index (χ2n) is 2.25. The van der Waals surface area contributed by atoms with Crippen molar-refractivity contribution < 1.29 is 9.47 Å². The van der Waals surface area contributed by atoms with Crippen LogP contribution in [0.5, 0.6) is 5.75 Å². The van der Waals surface area contributed by atoms with E-state index in [4.69, 9.17) is 4.74 Å². The molecule has 11 heavy (non-hydrogen) atoms. The summed E-state index contributed by atoms with van der Waals surface area (Å²) in [4.78, 5) is 0. The van der Waals surface area contributed by atoms with Gasteiger partial charge in [0.25, 0.3) is 0 Å². The van der Waals surface area contributed by atoms with Gasteiger partial charge >= 0.3 is 0 Å². The first-order valence-electron chi connectivity index (χ1n) is 3.64. The summed E-state index contributed by atoms with van der Waals surface area (Å²) in [5.41, 5.74) is 0. The third-order valence-electron chi connectivity index (χ3n) is 1.22. The Morgan fingerprint density at radius 3 is 3.09 bits per heavy atom. The Labute approximate surface area is 65.8 Å². The van der Waals surface area contributed by atoms with E-state index < -0.39 is 0 Å². The summed E-state index contributed by atoms with van der Waals surface area (Å²) < 4.78 is 5.94. The van der Waals surface area contributed by atoms with Gasteiger partial charge in [-0.15, -0.1) is 0 Å². The molecule has 0 bridgehead atoms. The Bertz CT molecular complexity index is 225. The third-order valence-corrected chi connectivity index (χ3v) is 1.22. The molecule has 0 amide bonds. The first kappa shape index (κ1) is 7.85. The summed E-state index contributed by atoms with van der Waals surface area (Å²) >= 11 is 0. The second-order valence-corrected chi connectivity index (χ2v) is 2.25. The highest BCUT2D eigenvalue weighted by Gasteiger charge is 1.95. The molecular formula is C8H11NO2. The second kappa shape index (κ2) is 3.81. The normalized spacial score (nSPS) is 9.55. The molecule has 0 aliphatic carbocycles. The lowest BCUT2D eigenvalue weighted by Crippen LogP contribution is -2.24. The van der Waals surface area contributed by atoms with E-state index in [-0.39, 0.29) is 0 Å². The topological polar surface area (TPSA) is 36.2 Å². The molecule has 1 aromatic rings. The third kappa shape index (κ3) is 2.45. The molecule has 0 N–H and O–H groups in total. The van der Waals surface area contributed by atoms with E-state index in [0.717, 1.165) is 11.2 Å². The average molecular weight is 153 g/mol. The van der Waals surface area contributed by atoms with E-state index in [9.17, 15) is 5.21 Å². The maximum Gasteiger partial charge on any atom is 0.222 e. The number of aromatic nitrogens is 1. The summed E-state index contributed by atoms with van der Waals surface area (Å²) in [6.07, 6.45) is 3.79. The molecule has 0 atom stereocenters. The zero-order valence-electron chi connectivity index (χ0n) is 6.49. The monoisotopic (exact) mass is 153 g/mol. The quantitative estimate of drug-likeness (QED) is 0.481. The first-order valence-corrected chi connectivity index (χ1v) is 3.64. The van der Waals surface area contributed by atoms with Crippen molar-refractivity contribution in [3.05, 3.63) is 29.7 Å². The molecule has 3 nitrogen and oxygen atoms in total. The molecular weight excluding hydrogens is 142 g/mol. The van der Waals surface area contributed by atoms with Crippen LogP contribution in [0.25, 0.3) is 0 Å². The molecule has 0 aliphatic heterocycles. The number of ether oxygens (including phenoxy) is 1. The van der Waals surface area contributed by atoms with Crippen molar-refractivity contribution in [3.63, 3.8) is 0 Å². The summed E-state index contributed by atoms with van der Waals surface area (Å²) in [6, 6.07) is 3.43. The van der Waals surface area contributed by atoms with Crippen molar-refractivity contribution in [2.45, 2.75) is 13.3 Å². The number of rotatable bonds is 3. The highest BCUT2D eigenvalue weighted by Crippen LogP contribution is 2.04. The fraction of sp³-hybridized carbons (Fsp3) is 0.375. The van der Waals surface area contributed by atoms with Gasteiger partial charge in [0.05, 0.1) is 6.61 Å². The zero-order chi connectivity index (χ0) is 8.10. The Hall–Kier alpha value is -1.25. The molecule has 0 fully saturated rings. The molecule has 0 unspecified atom stereocenters. The summed E-state index contributed by atoms with van der Waals surface area (Å²) in [7, 11) is 0. The molecule has 0 saturated heterocycles. The Morgan fingerprint density at radius 2 is 2.45 bits per heavy atom. The SMILES string of the molecule is CCCOc1ccc[n+]([O-])c1. The molecule has 0 radical (unpaired) electrons. The number of hydrogen-bond donors (Lipinski definition) is 0. The van der Waals surface area contributed by atoms with Crippen molar-refractivity contribution >= 4 is 0 Å². The van der Waals surface area contributed by atoms with Crippen molar-refractivity contribution in [2.75, 3.05) is 6.61 Å². The summed E-state index contributed by atoms with van der Waals surface area (Å²) in [5.74, 6) is 0.629. The standard InChI is InChI=1S/C8H11NO2/c1-2-6-11-8-4-3-5-9(10)7-8/h3-5,7H,2,6H2,1H3. The van der Waals surface area contributed by atoms with Crippen LogP contribution < -0.4 is 9.47 Å². The Morgan fingerprint density at radius 1 is 1.64 bits per heavy atom. The first-order chi connectivity index (χ1) is 5.33. The summed E-state index contributed by atoms with van der Waals surface area (Å²) in [5, 5.41) is 10.7. The molecule has 1 aromatic heterocycles. The van der Waals surface area contributed by atoms with Gasteiger partial charge in [0.15, 0.2) is 11.9 Å². The van der Waals surface area contributed by atoms with Crippen LogP contribution in [-0.4, -0.2) is 6.61 Å². The van der Waals surface area contributed by atoms with Crippen molar-refractivity contribution in [2.24, 2.45) is 0 Å². The zero-order valence-corrected chi connectivity index (χ0v) is 6.49. The van der Waals surface area contributed by atoms with Gasteiger partial charge in [-0.05, 0) is 12.5 Å². The van der Waals surface area contributed by atoms with Crippen molar-refractivity contribution in [3.8, 4) is 5.75 Å². The largest absolute Gasteiger partial charge is 0.619 e. The number of nitrogens with zero attached hydrogens (tertiary/aromatic N) is 1. The van der Waals surface area contributed by atoms with Gasteiger partial charge in [-0.2, -0.15) is 4.73 Å². The van der Waals surface area contributed by atoms with E-state index in [1.54, 1.807) is 12.1 Å². The van der Waals surface area contributed by atoms with E-state index in [1.807, 2.05) is 6.92 Å². The van der Waals surface area contributed by atoms with Crippen LogP contribution in [0.3, 0.4) is 0 Å². The fourth-order valence-corrected chi connectivity index (χ4v) is 0.739. The van der Waals surface area contributed by atoms with E-state index in [0.29, 0.717) is 12.4 Å². The van der Waals surface area contributed by atoms with Crippen molar-refractivity contribution in [1.82, 2.24) is 0 Å². The fourth-order valence-electron chi connectivity index (χ4n) is 0.739. The number of hydrogen-bond acceptors (Lipinski definition) is 2. The lowest BCUT2D eigenvalue weighted by molar-refractivity contribution is -0.605. The smallest absolute Gasteiger partial charge is 0.222 e. The highest BCUT2D eigenvalue weighted by atomic mass is 16.5. The number of pyridine rings is 1.